The zero-order valence-electron chi connectivity index (χ0n) is 9.40. The summed E-state index contributed by atoms with van der Waals surface area (Å²) in [7, 11) is 0. The SMILES string of the molecule is CC(=O)Nc1cc(C(=O)O)nc2c(F)cccc12. The van der Waals surface area contributed by atoms with Gasteiger partial charge in [-0.3, -0.25) is 4.79 Å². The number of nitrogens with zero attached hydrogens (tertiary/aromatic N) is 1. The minimum absolute atomic E-state index is 0.0823. The van der Waals surface area contributed by atoms with Gasteiger partial charge in [-0.15, -0.1) is 0 Å². The Hall–Kier alpha value is -2.50. The van der Waals surface area contributed by atoms with Crippen LogP contribution in [0.3, 0.4) is 0 Å². The van der Waals surface area contributed by atoms with Gasteiger partial charge < -0.3 is 10.4 Å². The third-order valence-electron chi connectivity index (χ3n) is 2.32. The van der Waals surface area contributed by atoms with E-state index in [9.17, 15) is 14.0 Å². The Morgan fingerprint density at radius 3 is 2.72 bits per heavy atom. The van der Waals surface area contributed by atoms with Crippen LogP contribution in [0, 0.1) is 5.82 Å². The molecule has 1 aromatic heterocycles. The first kappa shape index (κ1) is 12.0. The van der Waals surface area contributed by atoms with E-state index in [1.54, 1.807) is 6.07 Å². The largest absolute Gasteiger partial charge is 0.477 e. The number of pyridine rings is 1. The number of halogens is 1. The van der Waals surface area contributed by atoms with Gasteiger partial charge in [-0.1, -0.05) is 12.1 Å². The number of para-hydroxylation sites is 1. The lowest BCUT2D eigenvalue weighted by Gasteiger charge is -2.08. The molecule has 92 valence electrons. The topological polar surface area (TPSA) is 79.3 Å². The first-order chi connectivity index (χ1) is 8.49. The van der Waals surface area contributed by atoms with E-state index < -0.39 is 11.8 Å². The van der Waals surface area contributed by atoms with E-state index in [4.69, 9.17) is 5.11 Å². The van der Waals surface area contributed by atoms with Crippen LogP contribution in [0.4, 0.5) is 10.1 Å². The number of nitrogens with one attached hydrogen (secondary N) is 1. The zero-order chi connectivity index (χ0) is 13.3. The molecule has 2 N–H and O–H groups in total. The van der Waals surface area contributed by atoms with Crippen molar-refractivity contribution in [2.45, 2.75) is 6.92 Å². The minimum atomic E-state index is -1.29. The van der Waals surface area contributed by atoms with Gasteiger partial charge >= 0.3 is 5.97 Å². The van der Waals surface area contributed by atoms with Crippen molar-refractivity contribution in [1.29, 1.82) is 0 Å². The van der Waals surface area contributed by atoms with Gasteiger partial charge in [-0.25, -0.2) is 14.2 Å². The van der Waals surface area contributed by atoms with Crippen LogP contribution >= 0.6 is 0 Å². The van der Waals surface area contributed by atoms with Gasteiger partial charge in [0.2, 0.25) is 5.91 Å². The highest BCUT2D eigenvalue weighted by atomic mass is 19.1. The molecule has 2 aromatic rings. The molecule has 0 fully saturated rings. The summed E-state index contributed by atoms with van der Waals surface area (Å²) < 4.78 is 13.6. The second kappa shape index (κ2) is 4.40. The third kappa shape index (κ3) is 2.13. The molecule has 0 radical (unpaired) electrons. The molecule has 18 heavy (non-hydrogen) atoms. The summed E-state index contributed by atoms with van der Waals surface area (Å²) in [5.74, 6) is -2.29. The van der Waals surface area contributed by atoms with Gasteiger partial charge in [0.1, 0.15) is 11.3 Å². The van der Waals surface area contributed by atoms with Crippen LogP contribution < -0.4 is 5.32 Å². The summed E-state index contributed by atoms with van der Waals surface area (Å²) in [4.78, 5) is 25.7. The molecule has 0 saturated carbocycles. The van der Waals surface area contributed by atoms with E-state index in [2.05, 4.69) is 10.3 Å². The number of fused-ring (bicyclic) bond motifs is 1. The number of hydrogen-bond donors (Lipinski definition) is 2. The maximum absolute atomic E-state index is 13.6. The standard InChI is InChI=1S/C12H9FN2O3/c1-6(16)14-9-5-10(12(17)18)15-11-7(9)3-2-4-8(11)13/h2-5H,1H3,(H,17,18)(H,14,15,16). The molecule has 6 heteroatoms. The first-order valence-electron chi connectivity index (χ1n) is 5.09. The summed E-state index contributed by atoms with van der Waals surface area (Å²) in [6, 6.07) is 5.40. The maximum Gasteiger partial charge on any atom is 0.354 e. The molecule has 0 bridgehead atoms. The number of rotatable bonds is 2. The van der Waals surface area contributed by atoms with Crippen molar-refractivity contribution in [2.24, 2.45) is 0 Å². The Bertz CT molecular complexity index is 655. The highest BCUT2D eigenvalue weighted by Crippen LogP contribution is 2.25. The van der Waals surface area contributed by atoms with E-state index in [0.29, 0.717) is 5.39 Å². The van der Waals surface area contributed by atoms with Crippen molar-refractivity contribution >= 4 is 28.5 Å². The Labute approximate surface area is 101 Å². The van der Waals surface area contributed by atoms with Gasteiger partial charge in [0, 0.05) is 12.3 Å². The maximum atomic E-state index is 13.6. The summed E-state index contributed by atoms with van der Waals surface area (Å²) >= 11 is 0. The molecular weight excluding hydrogens is 239 g/mol. The number of hydrogen-bond acceptors (Lipinski definition) is 3. The first-order valence-corrected chi connectivity index (χ1v) is 5.09. The lowest BCUT2D eigenvalue weighted by atomic mass is 10.1. The average molecular weight is 248 g/mol. The number of amides is 1. The normalized spacial score (nSPS) is 10.3. The van der Waals surface area contributed by atoms with E-state index in [-0.39, 0.29) is 22.8 Å². The Morgan fingerprint density at radius 1 is 1.39 bits per heavy atom. The minimum Gasteiger partial charge on any atom is -0.477 e. The van der Waals surface area contributed by atoms with Crippen molar-refractivity contribution < 1.29 is 19.1 Å². The Balaban J connectivity index is 2.76. The number of anilines is 1. The molecule has 5 nitrogen and oxygen atoms in total. The van der Waals surface area contributed by atoms with Crippen molar-refractivity contribution in [3.05, 3.63) is 35.8 Å². The lowest BCUT2D eigenvalue weighted by molar-refractivity contribution is -0.114. The van der Waals surface area contributed by atoms with Crippen LogP contribution in [-0.4, -0.2) is 22.0 Å². The van der Waals surface area contributed by atoms with Gasteiger partial charge in [0.25, 0.3) is 0 Å². The number of benzene rings is 1. The van der Waals surface area contributed by atoms with Crippen molar-refractivity contribution in [3.63, 3.8) is 0 Å². The van der Waals surface area contributed by atoms with Crippen LogP contribution in [-0.2, 0) is 4.79 Å². The van der Waals surface area contributed by atoms with Crippen molar-refractivity contribution in [2.75, 3.05) is 5.32 Å². The van der Waals surface area contributed by atoms with E-state index >= 15 is 0 Å². The fourth-order valence-electron chi connectivity index (χ4n) is 1.62. The van der Waals surface area contributed by atoms with Gasteiger partial charge in [0.15, 0.2) is 5.69 Å². The number of carboxylic acid groups (broad SMARTS) is 1. The smallest absolute Gasteiger partial charge is 0.354 e. The van der Waals surface area contributed by atoms with Crippen molar-refractivity contribution in [1.82, 2.24) is 4.98 Å². The van der Waals surface area contributed by atoms with Crippen molar-refractivity contribution in [3.8, 4) is 0 Å². The molecule has 0 atom stereocenters. The molecule has 1 heterocycles. The number of carboxylic acids is 1. The predicted molar refractivity (Wildman–Crippen MR) is 63.0 cm³/mol. The highest BCUT2D eigenvalue weighted by molar-refractivity contribution is 6.03. The molecule has 0 aliphatic heterocycles. The quantitative estimate of drug-likeness (QED) is 0.852. The summed E-state index contributed by atoms with van der Waals surface area (Å²) in [5, 5.41) is 11.7. The second-order valence-corrected chi connectivity index (χ2v) is 3.68. The Morgan fingerprint density at radius 2 is 2.11 bits per heavy atom. The Kier molecular flexibility index (Phi) is 2.93. The monoisotopic (exact) mass is 248 g/mol. The van der Waals surface area contributed by atoms with E-state index in [0.717, 1.165) is 0 Å². The molecule has 0 saturated heterocycles. The number of aromatic carboxylic acids is 1. The summed E-state index contributed by atoms with van der Waals surface area (Å²) in [6.45, 7) is 1.28. The van der Waals surface area contributed by atoms with Crippen LogP contribution in [0.5, 0.6) is 0 Å². The molecule has 2 rings (SSSR count). The fourth-order valence-corrected chi connectivity index (χ4v) is 1.62. The molecule has 1 amide bonds. The van der Waals surface area contributed by atoms with E-state index in [1.165, 1.54) is 25.1 Å². The molecule has 0 aliphatic rings. The van der Waals surface area contributed by atoms with E-state index in [1.807, 2.05) is 0 Å². The predicted octanol–water partition coefficient (Wildman–Crippen LogP) is 2.03. The average Bonchev–Trinajstić information content (AvgIpc) is 2.29. The number of aromatic nitrogens is 1. The zero-order valence-corrected chi connectivity index (χ0v) is 9.40. The van der Waals surface area contributed by atoms with Gasteiger partial charge in [-0.2, -0.15) is 0 Å². The van der Waals surface area contributed by atoms with Crippen LogP contribution in [0.25, 0.3) is 10.9 Å². The lowest BCUT2D eigenvalue weighted by Crippen LogP contribution is -2.09. The third-order valence-corrected chi connectivity index (χ3v) is 2.32. The van der Waals surface area contributed by atoms with Gasteiger partial charge in [-0.05, 0) is 12.1 Å². The van der Waals surface area contributed by atoms with Crippen LogP contribution in [0.1, 0.15) is 17.4 Å². The van der Waals surface area contributed by atoms with Crippen LogP contribution in [0.2, 0.25) is 0 Å². The summed E-state index contributed by atoms with van der Waals surface area (Å²) in [5.41, 5.74) is -0.179. The second-order valence-electron chi connectivity index (χ2n) is 3.68. The molecular formula is C12H9FN2O3. The number of carbonyl (C=O) groups excluding carboxylic acids is 1. The summed E-state index contributed by atoms with van der Waals surface area (Å²) in [6.07, 6.45) is 0. The molecule has 0 aliphatic carbocycles. The highest BCUT2D eigenvalue weighted by Gasteiger charge is 2.13. The van der Waals surface area contributed by atoms with Gasteiger partial charge in [0.05, 0.1) is 5.69 Å². The molecule has 1 aromatic carbocycles. The molecule has 0 unspecified atom stereocenters. The number of carbonyl (C=O) groups is 2. The molecule has 0 spiro atoms. The fraction of sp³-hybridized carbons (Fsp3) is 0.0833. The van der Waals surface area contributed by atoms with Crippen LogP contribution in [0.15, 0.2) is 24.3 Å².